The van der Waals surface area contributed by atoms with E-state index in [-0.39, 0.29) is 18.2 Å². The Morgan fingerprint density at radius 3 is 2.71 bits per heavy atom. The number of hydrogen-bond donors (Lipinski definition) is 1. The Kier molecular flexibility index (Phi) is 5.29. The molecule has 6 rings (SSSR count). The molecule has 2 aromatic heterocycles. The highest BCUT2D eigenvalue weighted by atomic mass is 16.5. The second-order valence-corrected chi connectivity index (χ2v) is 9.53. The van der Waals surface area contributed by atoms with Gasteiger partial charge < -0.3 is 9.64 Å². The minimum absolute atomic E-state index is 0.224. The summed E-state index contributed by atoms with van der Waals surface area (Å²) < 4.78 is 7.71. The molecule has 2 fully saturated rings. The number of nitrogens with one attached hydrogen (secondary N) is 1. The fraction of sp³-hybridized carbons (Fsp3) is 0.385. The highest BCUT2D eigenvalue weighted by Gasteiger charge is 2.40. The summed E-state index contributed by atoms with van der Waals surface area (Å²) >= 11 is 0. The monoisotopic (exact) mass is 473 g/mol. The van der Waals surface area contributed by atoms with Crippen molar-refractivity contribution in [1.82, 2.24) is 24.5 Å². The van der Waals surface area contributed by atoms with Crippen molar-refractivity contribution < 1.29 is 19.1 Å². The van der Waals surface area contributed by atoms with E-state index in [0.717, 1.165) is 42.0 Å². The summed E-state index contributed by atoms with van der Waals surface area (Å²) in [5.41, 5.74) is 5.42. The lowest BCUT2D eigenvalue weighted by molar-refractivity contribution is -0.136. The smallest absolute Gasteiger partial charge is 0.258 e. The van der Waals surface area contributed by atoms with Crippen molar-refractivity contribution in [1.29, 1.82) is 0 Å². The second kappa shape index (κ2) is 8.49. The van der Waals surface area contributed by atoms with Crippen LogP contribution in [0.2, 0.25) is 0 Å². The van der Waals surface area contributed by atoms with E-state index in [1.165, 1.54) is 18.4 Å². The molecule has 5 heterocycles. The topological polar surface area (TPSA) is 96.2 Å². The molecule has 0 bridgehead atoms. The normalized spacial score (nSPS) is 20.5. The molecular formula is C26H27N5O4. The maximum absolute atomic E-state index is 13.3. The zero-order valence-corrected chi connectivity index (χ0v) is 19.6. The van der Waals surface area contributed by atoms with Crippen molar-refractivity contribution >= 4 is 23.2 Å². The molecule has 0 spiro atoms. The SMILES string of the molecule is COc1cc(-c2cc(CN3CCCC3)cc3cncn23)cc2c1C(=O)N(C1CCC(=O)NC1=O)C2. The van der Waals surface area contributed by atoms with Crippen molar-refractivity contribution in [3.05, 3.63) is 53.5 Å². The van der Waals surface area contributed by atoms with Crippen LogP contribution in [-0.4, -0.2) is 63.1 Å². The Labute approximate surface area is 202 Å². The van der Waals surface area contributed by atoms with E-state index in [2.05, 4.69) is 27.3 Å². The fourth-order valence-corrected chi connectivity index (χ4v) is 5.58. The number of rotatable bonds is 5. The van der Waals surface area contributed by atoms with Gasteiger partial charge in [-0.3, -0.25) is 29.0 Å². The van der Waals surface area contributed by atoms with E-state index < -0.39 is 11.9 Å². The average Bonchev–Trinajstić information content (AvgIpc) is 3.59. The number of likely N-dealkylation sites (tertiary alicyclic amines) is 1. The molecule has 0 aliphatic carbocycles. The molecule has 180 valence electrons. The molecule has 35 heavy (non-hydrogen) atoms. The molecule has 1 atom stereocenters. The highest BCUT2D eigenvalue weighted by molar-refractivity contribution is 6.07. The molecule has 2 saturated heterocycles. The Morgan fingerprint density at radius 1 is 1.11 bits per heavy atom. The van der Waals surface area contributed by atoms with E-state index >= 15 is 0 Å². The third-order valence-electron chi connectivity index (χ3n) is 7.29. The number of methoxy groups -OCH3 is 1. The molecule has 1 aromatic carbocycles. The second-order valence-electron chi connectivity index (χ2n) is 9.53. The third kappa shape index (κ3) is 3.76. The summed E-state index contributed by atoms with van der Waals surface area (Å²) in [6, 6.07) is 7.59. The molecule has 3 aliphatic rings. The van der Waals surface area contributed by atoms with Gasteiger partial charge in [0, 0.05) is 25.1 Å². The van der Waals surface area contributed by atoms with Crippen LogP contribution in [0, 0.1) is 0 Å². The minimum atomic E-state index is -0.662. The quantitative estimate of drug-likeness (QED) is 0.572. The third-order valence-corrected chi connectivity index (χ3v) is 7.29. The van der Waals surface area contributed by atoms with Crippen LogP contribution in [0.1, 0.15) is 47.2 Å². The number of carbonyl (C=O) groups excluding carboxylic acids is 3. The van der Waals surface area contributed by atoms with E-state index in [0.29, 0.717) is 24.3 Å². The lowest BCUT2D eigenvalue weighted by atomic mass is 10.0. The predicted octanol–water partition coefficient (Wildman–Crippen LogP) is 2.37. The van der Waals surface area contributed by atoms with Crippen molar-refractivity contribution in [3.8, 4) is 17.0 Å². The molecule has 1 N–H and O–H groups in total. The Bertz CT molecular complexity index is 1360. The van der Waals surface area contributed by atoms with E-state index in [1.807, 2.05) is 22.7 Å². The van der Waals surface area contributed by atoms with Crippen LogP contribution in [0.4, 0.5) is 0 Å². The zero-order chi connectivity index (χ0) is 24.1. The number of imidazole rings is 1. The van der Waals surface area contributed by atoms with Crippen molar-refractivity contribution in [3.63, 3.8) is 0 Å². The van der Waals surface area contributed by atoms with Crippen LogP contribution >= 0.6 is 0 Å². The first-order chi connectivity index (χ1) is 17.0. The van der Waals surface area contributed by atoms with Gasteiger partial charge >= 0.3 is 0 Å². The summed E-state index contributed by atoms with van der Waals surface area (Å²) in [4.78, 5) is 45.8. The number of aromatic nitrogens is 2. The molecule has 0 radical (unpaired) electrons. The first-order valence-electron chi connectivity index (χ1n) is 12.0. The van der Waals surface area contributed by atoms with Crippen LogP contribution in [0.25, 0.3) is 16.8 Å². The van der Waals surface area contributed by atoms with Gasteiger partial charge in [-0.25, -0.2) is 4.98 Å². The number of carbonyl (C=O) groups is 3. The van der Waals surface area contributed by atoms with Gasteiger partial charge in [0.05, 0.1) is 36.4 Å². The molecule has 0 saturated carbocycles. The lowest BCUT2D eigenvalue weighted by Crippen LogP contribution is -2.52. The maximum atomic E-state index is 13.3. The molecule has 1 unspecified atom stereocenters. The number of hydrogen-bond acceptors (Lipinski definition) is 6. The van der Waals surface area contributed by atoms with Crippen LogP contribution in [0.5, 0.6) is 5.75 Å². The number of pyridine rings is 1. The Balaban J connectivity index is 1.39. The van der Waals surface area contributed by atoms with Crippen LogP contribution in [-0.2, 0) is 22.7 Å². The summed E-state index contributed by atoms with van der Waals surface area (Å²) in [6.07, 6.45) is 6.68. The highest BCUT2D eigenvalue weighted by Crippen LogP contribution is 2.38. The largest absolute Gasteiger partial charge is 0.496 e. The molecule has 9 heteroatoms. The molecule has 3 aliphatic heterocycles. The Hall–Kier alpha value is -3.72. The molecule has 9 nitrogen and oxygen atoms in total. The summed E-state index contributed by atoms with van der Waals surface area (Å²) in [5.74, 6) is -0.478. The van der Waals surface area contributed by atoms with Crippen LogP contribution < -0.4 is 10.1 Å². The fourth-order valence-electron chi connectivity index (χ4n) is 5.58. The van der Waals surface area contributed by atoms with E-state index in [1.54, 1.807) is 18.3 Å². The van der Waals surface area contributed by atoms with Gasteiger partial charge in [-0.1, -0.05) is 0 Å². The summed E-state index contributed by atoms with van der Waals surface area (Å²) in [6.45, 7) is 3.42. The van der Waals surface area contributed by atoms with E-state index in [9.17, 15) is 14.4 Å². The number of piperidine rings is 1. The van der Waals surface area contributed by atoms with Gasteiger partial charge in [-0.15, -0.1) is 0 Å². The minimum Gasteiger partial charge on any atom is -0.496 e. The van der Waals surface area contributed by atoms with Gasteiger partial charge in [0.25, 0.3) is 5.91 Å². The average molecular weight is 474 g/mol. The van der Waals surface area contributed by atoms with Gasteiger partial charge in [0.15, 0.2) is 0 Å². The molecular weight excluding hydrogens is 446 g/mol. The molecule has 3 amide bonds. The summed E-state index contributed by atoms with van der Waals surface area (Å²) in [5, 5.41) is 2.36. The zero-order valence-electron chi connectivity index (χ0n) is 19.6. The first kappa shape index (κ1) is 21.8. The maximum Gasteiger partial charge on any atom is 0.258 e. The van der Waals surface area contributed by atoms with Gasteiger partial charge in [0.2, 0.25) is 11.8 Å². The van der Waals surface area contributed by atoms with Crippen LogP contribution in [0.3, 0.4) is 0 Å². The number of amides is 3. The lowest BCUT2D eigenvalue weighted by Gasteiger charge is -2.29. The first-order valence-corrected chi connectivity index (χ1v) is 12.0. The Morgan fingerprint density at radius 2 is 1.94 bits per heavy atom. The number of imide groups is 1. The van der Waals surface area contributed by atoms with Crippen LogP contribution in [0.15, 0.2) is 36.8 Å². The predicted molar refractivity (Wildman–Crippen MR) is 128 cm³/mol. The number of ether oxygens (including phenoxy) is 1. The van der Waals surface area contributed by atoms with Crippen molar-refractivity contribution in [2.45, 2.75) is 44.8 Å². The van der Waals surface area contributed by atoms with E-state index in [4.69, 9.17) is 4.74 Å². The standard InChI is InChI=1S/C26H27N5O4/c1-35-22-11-17(10-18-14-30(26(34)24(18)22)20-4-5-23(32)28-25(20)33)21-9-16(13-29-6-2-3-7-29)8-19-12-27-15-31(19)21/h8-12,15,20H,2-7,13-14H2,1H3,(H,28,32,33). The van der Waals surface area contributed by atoms with Gasteiger partial charge in [0.1, 0.15) is 11.8 Å². The van der Waals surface area contributed by atoms with Crippen molar-refractivity contribution in [2.75, 3.05) is 20.2 Å². The number of nitrogens with zero attached hydrogens (tertiary/aromatic N) is 4. The number of fused-ring (bicyclic) bond motifs is 2. The number of benzene rings is 1. The van der Waals surface area contributed by atoms with Gasteiger partial charge in [-0.2, -0.15) is 0 Å². The van der Waals surface area contributed by atoms with Gasteiger partial charge in [-0.05, 0) is 67.7 Å². The summed E-state index contributed by atoms with van der Waals surface area (Å²) in [7, 11) is 1.55. The molecule has 3 aromatic rings. The van der Waals surface area contributed by atoms with Crippen molar-refractivity contribution in [2.24, 2.45) is 0 Å².